The molecule has 1 aromatic heterocycles. The molecule has 0 amide bonds. The average Bonchev–Trinajstić information content (AvgIpc) is 2.40. The Hall–Kier alpha value is -1.20. The van der Waals surface area contributed by atoms with Gasteiger partial charge in [0, 0.05) is 26.2 Å². The van der Waals surface area contributed by atoms with Crippen molar-refractivity contribution in [3.8, 4) is 0 Å². The largest absolute Gasteiger partial charge is 0.390 e. The van der Waals surface area contributed by atoms with E-state index in [0.29, 0.717) is 5.69 Å². The molecular weight excluding hydrogens is 216 g/mol. The number of aromatic nitrogens is 2. The summed E-state index contributed by atoms with van der Waals surface area (Å²) in [6, 6.07) is 0. The van der Waals surface area contributed by atoms with Gasteiger partial charge in [0.2, 0.25) is 0 Å². The van der Waals surface area contributed by atoms with E-state index >= 15 is 0 Å². The molecule has 5 nitrogen and oxygen atoms in total. The van der Waals surface area contributed by atoms with Gasteiger partial charge >= 0.3 is 0 Å². The van der Waals surface area contributed by atoms with Crippen LogP contribution in [0.2, 0.25) is 0 Å². The Kier molecular flexibility index (Phi) is 4.28. The zero-order valence-electron chi connectivity index (χ0n) is 10.3. The molecule has 17 heavy (non-hydrogen) atoms. The van der Waals surface area contributed by atoms with E-state index in [1.165, 1.54) is 13.0 Å². The van der Waals surface area contributed by atoms with Crippen molar-refractivity contribution < 1.29 is 5.11 Å². The van der Waals surface area contributed by atoms with Crippen molar-refractivity contribution >= 4 is 5.82 Å². The highest BCUT2D eigenvalue weighted by Crippen LogP contribution is 2.12. The molecule has 0 radical (unpaired) electrons. The summed E-state index contributed by atoms with van der Waals surface area (Å²) in [5, 5.41) is 8.91. The fraction of sp³-hybridized carbons (Fsp3) is 0.667. The van der Waals surface area contributed by atoms with Crippen LogP contribution in [0.15, 0.2) is 12.4 Å². The van der Waals surface area contributed by atoms with Crippen LogP contribution in [0.1, 0.15) is 19.0 Å². The molecule has 0 aliphatic carbocycles. The predicted octanol–water partition coefficient (Wildman–Crippen LogP) is 0.501. The van der Waals surface area contributed by atoms with Crippen molar-refractivity contribution in [2.75, 3.05) is 37.6 Å². The zero-order chi connectivity index (χ0) is 12.1. The normalized spacial score (nSPS) is 17.4. The SMILES string of the molecule is CCCN1CCN(c2cnc(CO)cn2)CC1. The van der Waals surface area contributed by atoms with Gasteiger partial charge in [-0.1, -0.05) is 6.92 Å². The minimum atomic E-state index is -0.0441. The van der Waals surface area contributed by atoms with Crippen molar-refractivity contribution in [2.45, 2.75) is 20.0 Å². The van der Waals surface area contributed by atoms with E-state index in [1.807, 2.05) is 0 Å². The molecule has 0 saturated carbocycles. The van der Waals surface area contributed by atoms with Crippen LogP contribution < -0.4 is 4.90 Å². The van der Waals surface area contributed by atoms with Crippen LogP contribution in [-0.4, -0.2) is 52.7 Å². The molecule has 1 aliphatic heterocycles. The minimum Gasteiger partial charge on any atom is -0.390 e. The van der Waals surface area contributed by atoms with Crippen molar-refractivity contribution in [1.29, 1.82) is 0 Å². The van der Waals surface area contributed by atoms with Gasteiger partial charge in [-0.05, 0) is 13.0 Å². The summed E-state index contributed by atoms with van der Waals surface area (Å²) in [5.74, 6) is 0.915. The van der Waals surface area contributed by atoms with Crippen molar-refractivity contribution in [3.63, 3.8) is 0 Å². The highest BCUT2D eigenvalue weighted by molar-refractivity contribution is 5.36. The maximum Gasteiger partial charge on any atom is 0.147 e. The highest BCUT2D eigenvalue weighted by Gasteiger charge is 2.17. The number of anilines is 1. The summed E-state index contributed by atoms with van der Waals surface area (Å²) in [7, 11) is 0. The second kappa shape index (κ2) is 5.93. The topological polar surface area (TPSA) is 52.5 Å². The van der Waals surface area contributed by atoms with Crippen molar-refractivity contribution in [2.24, 2.45) is 0 Å². The summed E-state index contributed by atoms with van der Waals surface area (Å²) in [6.45, 7) is 7.56. The van der Waals surface area contributed by atoms with Gasteiger partial charge in [-0.2, -0.15) is 0 Å². The van der Waals surface area contributed by atoms with Crippen LogP contribution in [0.25, 0.3) is 0 Å². The molecule has 1 aromatic rings. The summed E-state index contributed by atoms with van der Waals surface area (Å²) in [4.78, 5) is 13.2. The van der Waals surface area contributed by atoms with E-state index < -0.39 is 0 Å². The van der Waals surface area contributed by atoms with E-state index in [2.05, 4.69) is 26.7 Å². The van der Waals surface area contributed by atoms with Crippen molar-refractivity contribution in [1.82, 2.24) is 14.9 Å². The van der Waals surface area contributed by atoms with E-state index in [-0.39, 0.29) is 6.61 Å². The molecule has 94 valence electrons. The van der Waals surface area contributed by atoms with Crippen LogP contribution in [0.4, 0.5) is 5.82 Å². The maximum absolute atomic E-state index is 8.91. The average molecular weight is 236 g/mol. The number of hydrogen-bond donors (Lipinski definition) is 1. The van der Waals surface area contributed by atoms with Gasteiger partial charge in [0.05, 0.1) is 24.7 Å². The summed E-state index contributed by atoms with van der Waals surface area (Å²) >= 11 is 0. The maximum atomic E-state index is 8.91. The van der Waals surface area contributed by atoms with Gasteiger partial charge in [0.15, 0.2) is 0 Å². The smallest absolute Gasteiger partial charge is 0.147 e. The Morgan fingerprint density at radius 3 is 2.47 bits per heavy atom. The number of aliphatic hydroxyl groups is 1. The first-order valence-electron chi connectivity index (χ1n) is 6.22. The monoisotopic (exact) mass is 236 g/mol. The quantitative estimate of drug-likeness (QED) is 0.825. The van der Waals surface area contributed by atoms with Crippen LogP contribution in [0, 0.1) is 0 Å². The van der Waals surface area contributed by atoms with E-state index in [9.17, 15) is 0 Å². The number of nitrogens with zero attached hydrogens (tertiary/aromatic N) is 4. The molecule has 1 saturated heterocycles. The lowest BCUT2D eigenvalue weighted by molar-refractivity contribution is 0.257. The van der Waals surface area contributed by atoms with Gasteiger partial charge in [-0.3, -0.25) is 9.88 Å². The first-order valence-corrected chi connectivity index (χ1v) is 6.22. The number of rotatable bonds is 4. The Balaban J connectivity index is 1.91. The first-order chi connectivity index (χ1) is 8.33. The number of aliphatic hydroxyl groups excluding tert-OH is 1. The molecule has 1 N–H and O–H groups in total. The third kappa shape index (κ3) is 3.14. The fourth-order valence-electron chi connectivity index (χ4n) is 2.11. The Morgan fingerprint density at radius 1 is 1.18 bits per heavy atom. The highest BCUT2D eigenvalue weighted by atomic mass is 16.3. The lowest BCUT2D eigenvalue weighted by Gasteiger charge is -2.35. The van der Waals surface area contributed by atoms with Gasteiger partial charge in [-0.25, -0.2) is 4.98 Å². The van der Waals surface area contributed by atoms with Gasteiger partial charge in [0.1, 0.15) is 5.82 Å². The molecule has 0 spiro atoms. The van der Waals surface area contributed by atoms with Gasteiger partial charge in [-0.15, -0.1) is 0 Å². The fourth-order valence-corrected chi connectivity index (χ4v) is 2.11. The molecular formula is C12H20N4O. The minimum absolute atomic E-state index is 0.0441. The number of hydrogen-bond acceptors (Lipinski definition) is 5. The third-order valence-corrected chi connectivity index (χ3v) is 3.09. The molecule has 0 unspecified atom stereocenters. The Labute approximate surface area is 102 Å². The second-order valence-corrected chi connectivity index (χ2v) is 4.35. The van der Waals surface area contributed by atoms with Crippen LogP contribution in [0.3, 0.4) is 0 Å². The van der Waals surface area contributed by atoms with Gasteiger partial charge < -0.3 is 10.0 Å². The molecule has 0 atom stereocenters. The summed E-state index contributed by atoms with van der Waals surface area (Å²) in [6.07, 6.45) is 4.61. The molecule has 2 heterocycles. The van der Waals surface area contributed by atoms with E-state index in [0.717, 1.165) is 32.0 Å². The molecule has 1 fully saturated rings. The lowest BCUT2D eigenvalue weighted by Crippen LogP contribution is -2.46. The summed E-state index contributed by atoms with van der Waals surface area (Å²) in [5.41, 5.74) is 0.623. The van der Waals surface area contributed by atoms with E-state index in [4.69, 9.17) is 5.11 Å². The predicted molar refractivity (Wildman–Crippen MR) is 66.9 cm³/mol. The Bertz CT molecular complexity index is 333. The first kappa shape index (κ1) is 12.3. The zero-order valence-corrected chi connectivity index (χ0v) is 10.3. The van der Waals surface area contributed by atoms with Crippen molar-refractivity contribution in [3.05, 3.63) is 18.1 Å². The Morgan fingerprint density at radius 2 is 1.94 bits per heavy atom. The van der Waals surface area contributed by atoms with Gasteiger partial charge in [0.25, 0.3) is 0 Å². The summed E-state index contributed by atoms with van der Waals surface area (Å²) < 4.78 is 0. The van der Waals surface area contributed by atoms with Crippen LogP contribution in [0.5, 0.6) is 0 Å². The molecule has 5 heteroatoms. The molecule has 0 aromatic carbocycles. The number of piperazine rings is 1. The standard InChI is InChI=1S/C12H20N4O/c1-2-3-15-4-6-16(7-5-15)12-9-13-11(10-17)8-14-12/h8-9,17H,2-7,10H2,1H3. The molecule has 0 bridgehead atoms. The van der Waals surface area contributed by atoms with E-state index in [1.54, 1.807) is 12.4 Å². The van der Waals surface area contributed by atoms with Crippen LogP contribution >= 0.6 is 0 Å². The lowest BCUT2D eigenvalue weighted by atomic mass is 10.3. The molecule has 2 rings (SSSR count). The third-order valence-electron chi connectivity index (χ3n) is 3.09. The molecule has 1 aliphatic rings. The van der Waals surface area contributed by atoms with Crippen LogP contribution in [-0.2, 0) is 6.61 Å². The second-order valence-electron chi connectivity index (χ2n) is 4.35.